The topological polar surface area (TPSA) is 9.72 Å². The number of hydrogen-bond acceptors (Lipinski definition) is 3. The Bertz CT molecular complexity index is 217. The molecular weight excluding hydrogens is 200 g/mol. The van der Waals surface area contributed by atoms with Crippen molar-refractivity contribution in [2.24, 2.45) is 0 Å². The van der Waals surface area contributed by atoms with Crippen LogP contribution in [0.3, 0.4) is 0 Å². The van der Waals surface area contributed by atoms with Crippen LogP contribution in [0.25, 0.3) is 0 Å². The van der Waals surface area contributed by atoms with E-state index in [4.69, 9.17) is 0 Å². The molecule has 0 atom stereocenters. The number of piperidine rings is 1. The molecule has 0 amide bonds. The van der Waals surface area contributed by atoms with Gasteiger partial charge in [-0.05, 0) is 12.8 Å². The summed E-state index contributed by atoms with van der Waals surface area (Å²) in [5.74, 6) is -2.42. The van der Waals surface area contributed by atoms with Gasteiger partial charge in [-0.2, -0.15) is 0 Å². The van der Waals surface area contributed by atoms with Gasteiger partial charge in [-0.15, -0.1) is 0 Å². The first kappa shape index (κ1) is 11.2. The lowest BCUT2D eigenvalue weighted by molar-refractivity contribution is -0.156. The minimum atomic E-state index is -2.42. The lowest BCUT2D eigenvalue weighted by atomic mass is 9.99. The predicted octanol–water partition coefficient (Wildman–Crippen LogP) is 0.878. The van der Waals surface area contributed by atoms with Crippen molar-refractivity contribution in [1.82, 2.24) is 14.9 Å². The molecular formula is C10H19F2N3. The number of rotatable bonds is 2. The smallest absolute Gasteiger partial charge is 0.272 e. The summed E-state index contributed by atoms with van der Waals surface area (Å²) < 4.78 is 25.4. The van der Waals surface area contributed by atoms with Crippen LogP contribution in [-0.4, -0.2) is 67.2 Å². The van der Waals surface area contributed by atoms with E-state index in [1.165, 1.54) is 0 Å². The van der Waals surface area contributed by atoms with Crippen LogP contribution in [0.15, 0.2) is 0 Å². The average Bonchev–Trinajstić information content (AvgIpc) is 2.14. The van der Waals surface area contributed by atoms with Crippen LogP contribution in [0.1, 0.15) is 12.8 Å². The molecule has 2 aliphatic rings. The fourth-order valence-corrected chi connectivity index (χ4v) is 2.42. The second-order valence-corrected chi connectivity index (χ2v) is 4.79. The molecule has 0 saturated carbocycles. The normalized spacial score (nSPS) is 29.4. The van der Waals surface area contributed by atoms with Crippen LogP contribution < -0.4 is 0 Å². The molecule has 2 fully saturated rings. The lowest BCUT2D eigenvalue weighted by Gasteiger charge is -2.47. The van der Waals surface area contributed by atoms with Crippen LogP contribution in [-0.2, 0) is 0 Å². The molecule has 15 heavy (non-hydrogen) atoms. The Balaban J connectivity index is 1.75. The first-order chi connectivity index (χ1) is 6.98. The number of hydrogen-bond donors (Lipinski definition) is 0. The van der Waals surface area contributed by atoms with Crippen molar-refractivity contribution in [3.63, 3.8) is 0 Å². The van der Waals surface area contributed by atoms with Crippen LogP contribution in [0, 0.1) is 0 Å². The second-order valence-electron chi connectivity index (χ2n) is 4.79. The van der Waals surface area contributed by atoms with Crippen LogP contribution in [0.5, 0.6) is 0 Å². The highest BCUT2D eigenvalue weighted by Gasteiger charge is 2.46. The van der Waals surface area contributed by atoms with Gasteiger partial charge < -0.3 is 0 Å². The first-order valence-electron chi connectivity index (χ1n) is 5.52. The van der Waals surface area contributed by atoms with Crippen molar-refractivity contribution in [3.8, 4) is 0 Å². The van der Waals surface area contributed by atoms with Gasteiger partial charge in [-0.1, -0.05) is 0 Å². The van der Waals surface area contributed by atoms with Gasteiger partial charge in [-0.25, -0.2) is 18.8 Å². The molecule has 0 unspecified atom stereocenters. The predicted molar refractivity (Wildman–Crippen MR) is 54.8 cm³/mol. The number of nitrogens with zero attached hydrogens (tertiary/aromatic N) is 3. The summed E-state index contributed by atoms with van der Waals surface area (Å²) in [6.07, 6.45) is 2.02. The van der Waals surface area contributed by atoms with E-state index in [0.717, 1.165) is 25.9 Å². The number of likely N-dealkylation sites (tertiary alicyclic amines) is 1. The van der Waals surface area contributed by atoms with Crippen LogP contribution in [0.2, 0.25) is 0 Å². The molecule has 2 aliphatic heterocycles. The van der Waals surface area contributed by atoms with Gasteiger partial charge in [0.05, 0.1) is 13.1 Å². The average molecular weight is 219 g/mol. The fraction of sp³-hybridized carbons (Fsp3) is 1.00. The Labute approximate surface area is 89.6 Å². The zero-order valence-electron chi connectivity index (χ0n) is 9.42. The minimum absolute atomic E-state index is 0.0281. The van der Waals surface area contributed by atoms with E-state index in [9.17, 15) is 8.78 Å². The van der Waals surface area contributed by atoms with E-state index < -0.39 is 5.92 Å². The van der Waals surface area contributed by atoms with Crippen molar-refractivity contribution in [1.29, 1.82) is 0 Å². The Morgan fingerprint density at radius 2 is 1.67 bits per heavy atom. The van der Waals surface area contributed by atoms with E-state index in [1.54, 1.807) is 0 Å². The highest BCUT2D eigenvalue weighted by Crippen LogP contribution is 2.31. The van der Waals surface area contributed by atoms with Gasteiger partial charge in [0.25, 0.3) is 5.92 Å². The maximum atomic E-state index is 12.7. The summed E-state index contributed by atoms with van der Waals surface area (Å²) in [5.41, 5.74) is 0. The second kappa shape index (κ2) is 3.96. The zero-order valence-corrected chi connectivity index (χ0v) is 9.42. The summed E-state index contributed by atoms with van der Waals surface area (Å²) >= 11 is 0. The third-order valence-electron chi connectivity index (χ3n) is 3.39. The number of alkyl halides is 2. The summed E-state index contributed by atoms with van der Waals surface area (Å²) in [6, 6.07) is 0.376. The molecule has 2 saturated heterocycles. The summed E-state index contributed by atoms with van der Waals surface area (Å²) in [4.78, 5) is 1.92. The third-order valence-corrected chi connectivity index (χ3v) is 3.39. The summed E-state index contributed by atoms with van der Waals surface area (Å²) in [5, 5.41) is 4.34. The maximum Gasteiger partial charge on any atom is 0.272 e. The van der Waals surface area contributed by atoms with E-state index in [0.29, 0.717) is 6.04 Å². The number of halogens is 2. The monoisotopic (exact) mass is 219 g/mol. The Morgan fingerprint density at radius 1 is 1.13 bits per heavy atom. The largest absolute Gasteiger partial charge is 0.288 e. The number of hydrazine groups is 1. The minimum Gasteiger partial charge on any atom is -0.288 e. The molecule has 0 aliphatic carbocycles. The van der Waals surface area contributed by atoms with Crippen molar-refractivity contribution in [2.75, 3.05) is 40.3 Å². The van der Waals surface area contributed by atoms with E-state index in [1.807, 2.05) is 19.0 Å². The lowest BCUT2D eigenvalue weighted by Crippen LogP contribution is -2.62. The maximum absolute atomic E-state index is 12.7. The van der Waals surface area contributed by atoms with Crippen molar-refractivity contribution in [2.45, 2.75) is 24.8 Å². The molecule has 2 heterocycles. The molecule has 0 aromatic rings. The molecule has 0 spiro atoms. The SMILES string of the molecule is CN(C)N1CCC(N2CC(F)(F)C2)CC1. The standard InChI is InChI=1S/C10H19F2N3/c1-13(2)15-5-3-9(4-6-15)14-7-10(11,12)8-14/h9H,3-8H2,1-2H3. The van der Waals surface area contributed by atoms with Gasteiger partial charge in [-0.3, -0.25) is 4.90 Å². The van der Waals surface area contributed by atoms with Gasteiger partial charge in [0, 0.05) is 33.2 Å². The molecule has 3 nitrogen and oxygen atoms in total. The van der Waals surface area contributed by atoms with Crippen LogP contribution >= 0.6 is 0 Å². The van der Waals surface area contributed by atoms with Crippen LogP contribution in [0.4, 0.5) is 8.78 Å². The highest BCUT2D eigenvalue weighted by molar-refractivity contribution is 4.92. The van der Waals surface area contributed by atoms with E-state index in [-0.39, 0.29) is 13.1 Å². The molecule has 0 aromatic carbocycles. The van der Waals surface area contributed by atoms with Crippen molar-refractivity contribution in [3.05, 3.63) is 0 Å². The summed E-state index contributed by atoms with van der Waals surface area (Å²) in [7, 11) is 4.05. The molecule has 2 rings (SSSR count). The first-order valence-corrected chi connectivity index (χ1v) is 5.52. The highest BCUT2D eigenvalue weighted by atomic mass is 19.3. The van der Waals surface area contributed by atoms with Crippen molar-refractivity contribution < 1.29 is 8.78 Å². The van der Waals surface area contributed by atoms with Gasteiger partial charge in [0.1, 0.15) is 0 Å². The van der Waals surface area contributed by atoms with Gasteiger partial charge in [0.15, 0.2) is 0 Å². The fourth-order valence-electron chi connectivity index (χ4n) is 2.42. The van der Waals surface area contributed by atoms with E-state index >= 15 is 0 Å². The Hall–Kier alpha value is -0.260. The third kappa shape index (κ3) is 2.46. The van der Waals surface area contributed by atoms with E-state index in [2.05, 4.69) is 10.0 Å². The quantitative estimate of drug-likeness (QED) is 0.682. The molecule has 0 bridgehead atoms. The Morgan fingerprint density at radius 3 is 2.07 bits per heavy atom. The molecule has 0 N–H and O–H groups in total. The van der Waals surface area contributed by atoms with Crippen molar-refractivity contribution >= 4 is 0 Å². The zero-order chi connectivity index (χ0) is 11.1. The summed E-state index contributed by atoms with van der Waals surface area (Å²) in [6.45, 7) is 1.92. The Kier molecular flexibility index (Phi) is 2.96. The molecule has 0 aromatic heterocycles. The molecule has 0 radical (unpaired) electrons. The van der Waals surface area contributed by atoms with Gasteiger partial charge >= 0.3 is 0 Å². The molecule has 5 heteroatoms. The van der Waals surface area contributed by atoms with Gasteiger partial charge in [0.2, 0.25) is 0 Å². The molecule has 88 valence electrons.